The fourth-order valence-corrected chi connectivity index (χ4v) is 4.93. The van der Waals surface area contributed by atoms with Crippen LogP contribution in [-0.2, 0) is 9.59 Å². The first-order valence-electron chi connectivity index (χ1n) is 12.7. The van der Waals surface area contributed by atoms with E-state index in [0.717, 1.165) is 28.7 Å². The van der Waals surface area contributed by atoms with E-state index in [2.05, 4.69) is 10.3 Å². The summed E-state index contributed by atoms with van der Waals surface area (Å²) >= 11 is 6.11. The van der Waals surface area contributed by atoms with Crippen LogP contribution in [0.15, 0.2) is 66.9 Å². The number of nitrogens with zero attached hydrogens (tertiary/aromatic N) is 2. The van der Waals surface area contributed by atoms with E-state index < -0.39 is 30.1 Å². The van der Waals surface area contributed by atoms with Crippen LogP contribution in [0, 0.1) is 0 Å². The number of benzene rings is 2. The molecule has 2 heterocycles. The first-order chi connectivity index (χ1) is 18.3. The number of nitrogens with one attached hydrogen (secondary N) is 1. The molecule has 0 saturated carbocycles. The van der Waals surface area contributed by atoms with Crippen molar-refractivity contribution >= 4 is 23.4 Å². The van der Waals surface area contributed by atoms with Crippen molar-refractivity contribution in [2.75, 3.05) is 13.2 Å². The van der Waals surface area contributed by atoms with Crippen molar-refractivity contribution in [1.82, 2.24) is 15.2 Å². The molecule has 1 aliphatic rings. The van der Waals surface area contributed by atoms with Crippen molar-refractivity contribution in [2.45, 2.75) is 51.0 Å². The van der Waals surface area contributed by atoms with Gasteiger partial charge in [-0.15, -0.1) is 0 Å². The third-order valence-corrected chi connectivity index (χ3v) is 6.96. The summed E-state index contributed by atoms with van der Waals surface area (Å²) in [4.78, 5) is 31.6. The van der Waals surface area contributed by atoms with E-state index in [-0.39, 0.29) is 6.04 Å². The summed E-state index contributed by atoms with van der Waals surface area (Å²) in [7, 11) is 0. The molecule has 4 atom stereocenters. The Labute approximate surface area is 227 Å². The zero-order valence-electron chi connectivity index (χ0n) is 21.4. The standard InChI is InChI=1S/C29H32ClN3O5/c1-3-38-28-23(9-5-15-31-28)20-13-11-19(12-14-20)18(2)32-27(36)25(34)26(35)29(37)33-16-6-10-24(33)21-7-4-8-22(30)17-21/h4-5,7-9,11-15,17-18,24-26,34-35H,3,6,10,16H2,1-2H3,(H,32,36)/t18-,24-,25-,26-/m1/s1. The average Bonchev–Trinajstić information content (AvgIpc) is 3.42. The van der Waals surface area contributed by atoms with Gasteiger partial charge in [0.05, 0.1) is 18.7 Å². The highest BCUT2D eigenvalue weighted by atomic mass is 35.5. The lowest BCUT2D eigenvalue weighted by molar-refractivity contribution is -0.154. The van der Waals surface area contributed by atoms with Crippen LogP contribution >= 0.6 is 11.6 Å². The quantitative estimate of drug-likeness (QED) is 0.379. The number of carbonyl (C=O) groups excluding carboxylic acids is 2. The minimum Gasteiger partial charge on any atom is -0.478 e. The first kappa shape index (κ1) is 27.6. The number of aliphatic hydroxyl groups excluding tert-OH is 2. The largest absolute Gasteiger partial charge is 0.478 e. The Morgan fingerprint density at radius 1 is 1.13 bits per heavy atom. The number of carbonyl (C=O) groups is 2. The molecule has 0 unspecified atom stereocenters. The number of aromatic nitrogens is 1. The second-order valence-electron chi connectivity index (χ2n) is 9.28. The van der Waals surface area contributed by atoms with Gasteiger partial charge in [-0.05, 0) is 67.6 Å². The fraction of sp³-hybridized carbons (Fsp3) is 0.345. The zero-order chi connectivity index (χ0) is 27.2. The van der Waals surface area contributed by atoms with Crippen LogP contribution in [0.4, 0.5) is 0 Å². The molecule has 1 fully saturated rings. The number of aliphatic hydroxyl groups is 2. The van der Waals surface area contributed by atoms with Gasteiger partial charge in [0.1, 0.15) is 0 Å². The molecule has 0 spiro atoms. The Balaban J connectivity index is 1.39. The maximum Gasteiger partial charge on any atom is 0.255 e. The summed E-state index contributed by atoms with van der Waals surface area (Å²) in [5.74, 6) is -0.970. The minimum atomic E-state index is -1.91. The van der Waals surface area contributed by atoms with Crippen molar-refractivity contribution in [3.05, 3.63) is 83.0 Å². The summed E-state index contributed by atoms with van der Waals surface area (Å²) in [6.07, 6.45) is -0.664. The maximum absolute atomic E-state index is 13.0. The highest BCUT2D eigenvalue weighted by molar-refractivity contribution is 6.30. The molecule has 8 nitrogen and oxygen atoms in total. The molecule has 4 rings (SSSR count). The molecule has 200 valence electrons. The molecular weight excluding hydrogens is 506 g/mol. The summed E-state index contributed by atoms with van der Waals surface area (Å²) in [5, 5.41) is 24.4. The highest BCUT2D eigenvalue weighted by Crippen LogP contribution is 2.34. The Bertz CT molecular complexity index is 1270. The maximum atomic E-state index is 13.0. The van der Waals surface area contributed by atoms with Gasteiger partial charge in [-0.3, -0.25) is 9.59 Å². The molecule has 0 aliphatic carbocycles. The Morgan fingerprint density at radius 2 is 1.89 bits per heavy atom. The second kappa shape index (κ2) is 12.4. The fourth-order valence-electron chi connectivity index (χ4n) is 4.73. The summed E-state index contributed by atoms with van der Waals surface area (Å²) in [6.45, 7) is 4.58. The summed E-state index contributed by atoms with van der Waals surface area (Å²) in [6, 6.07) is 17.7. The van der Waals surface area contributed by atoms with Crippen LogP contribution in [0.2, 0.25) is 5.02 Å². The van der Waals surface area contributed by atoms with Crippen LogP contribution in [0.25, 0.3) is 11.1 Å². The number of hydrogen-bond acceptors (Lipinski definition) is 6. The van der Waals surface area contributed by atoms with Gasteiger partial charge in [0.15, 0.2) is 12.2 Å². The van der Waals surface area contributed by atoms with Gasteiger partial charge in [0.25, 0.3) is 11.8 Å². The molecular formula is C29H32ClN3O5. The first-order valence-corrected chi connectivity index (χ1v) is 13.1. The molecule has 0 radical (unpaired) electrons. The number of pyridine rings is 1. The van der Waals surface area contributed by atoms with Gasteiger partial charge in [-0.25, -0.2) is 4.98 Å². The van der Waals surface area contributed by atoms with Crippen molar-refractivity contribution in [1.29, 1.82) is 0 Å². The van der Waals surface area contributed by atoms with Gasteiger partial charge in [0.2, 0.25) is 5.88 Å². The van der Waals surface area contributed by atoms with Crippen LogP contribution in [-0.4, -0.2) is 57.3 Å². The molecule has 1 aliphatic heterocycles. The van der Waals surface area contributed by atoms with Gasteiger partial charge in [-0.1, -0.05) is 48.0 Å². The zero-order valence-corrected chi connectivity index (χ0v) is 22.1. The highest BCUT2D eigenvalue weighted by Gasteiger charge is 2.38. The van der Waals surface area contributed by atoms with E-state index in [1.54, 1.807) is 31.3 Å². The van der Waals surface area contributed by atoms with E-state index in [1.807, 2.05) is 49.4 Å². The summed E-state index contributed by atoms with van der Waals surface area (Å²) < 4.78 is 5.61. The second-order valence-corrected chi connectivity index (χ2v) is 9.71. The van der Waals surface area contributed by atoms with Gasteiger partial charge in [-0.2, -0.15) is 0 Å². The van der Waals surface area contributed by atoms with Gasteiger partial charge in [0, 0.05) is 23.3 Å². The topological polar surface area (TPSA) is 112 Å². The van der Waals surface area contributed by atoms with E-state index in [1.165, 1.54) is 4.90 Å². The molecule has 1 aromatic heterocycles. The molecule has 1 saturated heterocycles. The molecule has 9 heteroatoms. The minimum absolute atomic E-state index is 0.272. The Hall–Kier alpha value is -3.46. The third kappa shape index (κ3) is 6.15. The lowest BCUT2D eigenvalue weighted by Crippen LogP contribution is -2.50. The van der Waals surface area contributed by atoms with E-state index >= 15 is 0 Å². The van der Waals surface area contributed by atoms with E-state index in [9.17, 15) is 19.8 Å². The van der Waals surface area contributed by atoms with Crippen LogP contribution in [0.3, 0.4) is 0 Å². The van der Waals surface area contributed by atoms with Crippen molar-refractivity contribution in [2.24, 2.45) is 0 Å². The molecule has 2 amide bonds. The molecule has 2 aromatic carbocycles. The van der Waals surface area contributed by atoms with Gasteiger partial charge < -0.3 is 25.2 Å². The lowest BCUT2D eigenvalue weighted by atomic mass is 10.0. The number of halogens is 1. The SMILES string of the molecule is CCOc1ncccc1-c1ccc([C@@H](C)NC(=O)[C@H](O)[C@@H](O)C(=O)N2CCC[C@@H]2c2cccc(Cl)c2)cc1. The average molecular weight is 538 g/mol. The lowest BCUT2D eigenvalue weighted by Gasteiger charge is -2.29. The molecule has 38 heavy (non-hydrogen) atoms. The summed E-state index contributed by atoms with van der Waals surface area (Å²) in [5.41, 5.74) is 3.40. The normalized spacial score (nSPS) is 17.5. The molecule has 3 aromatic rings. The van der Waals surface area contributed by atoms with E-state index in [0.29, 0.717) is 30.5 Å². The third-order valence-electron chi connectivity index (χ3n) is 6.72. The number of rotatable bonds is 9. The number of likely N-dealkylation sites (tertiary alicyclic amines) is 1. The van der Waals surface area contributed by atoms with Crippen LogP contribution in [0.5, 0.6) is 5.88 Å². The van der Waals surface area contributed by atoms with Gasteiger partial charge >= 0.3 is 0 Å². The predicted octanol–water partition coefficient (Wildman–Crippen LogP) is 4.06. The Morgan fingerprint density at radius 3 is 2.61 bits per heavy atom. The number of ether oxygens (including phenoxy) is 1. The molecule has 3 N–H and O–H groups in total. The molecule has 0 bridgehead atoms. The van der Waals surface area contributed by atoms with Crippen LogP contribution in [0.1, 0.15) is 49.9 Å². The number of amides is 2. The van der Waals surface area contributed by atoms with E-state index in [4.69, 9.17) is 16.3 Å². The van der Waals surface area contributed by atoms with Crippen molar-refractivity contribution in [3.8, 4) is 17.0 Å². The number of hydrogen-bond donors (Lipinski definition) is 3. The Kier molecular flexibility index (Phi) is 8.99. The van der Waals surface area contributed by atoms with Crippen LogP contribution < -0.4 is 10.1 Å². The smallest absolute Gasteiger partial charge is 0.255 e. The predicted molar refractivity (Wildman–Crippen MR) is 145 cm³/mol. The monoisotopic (exact) mass is 537 g/mol. The van der Waals surface area contributed by atoms with Crippen molar-refractivity contribution < 1.29 is 24.5 Å². The van der Waals surface area contributed by atoms with Crippen molar-refractivity contribution in [3.63, 3.8) is 0 Å².